The van der Waals surface area contributed by atoms with E-state index in [1.54, 1.807) is 13.0 Å². The third kappa shape index (κ3) is 3.63. The Hall–Kier alpha value is -1.40. The number of rotatable bonds is 5. The van der Waals surface area contributed by atoms with Crippen LogP contribution in [0, 0.1) is 18.8 Å². The molecule has 1 aromatic rings. The van der Waals surface area contributed by atoms with Crippen molar-refractivity contribution >= 4 is 28.2 Å². The number of aryl methyl sites for hydroxylation is 1. The molecule has 1 aliphatic rings. The highest BCUT2D eigenvalue weighted by Crippen LogP contribution is 2.34. The van der Waals surface area contributed by atoms with E-state index in [2.05, 4.69) is 5.32 Å². The van der Waals surface area contributed by atoms with Crippen LogP contribution in [-0.2, 0) is 9.53 Å². The number of amides is 1. The number of carbonyl (C=O) groups is 2. The number of esters is 1. The first-order valence-corrected chi connectivity index (χ1v) is 8.17. The molecule has 0 aliphatic heterocycles. The van der Waals surface area contributed by atoms with Gasteiger partial charge in [0, 0.05) is 10.8 Å². The predicted octanol–water partition coefficient (Wildman–Crippen LogP) is 2.55. The molecule has 3 N–H and O–H groups in total. The third-order valence-corrected chi connectivity index (χ3v) is 4.85. The Bertz CT molecular complexity index is 527. The van der Waals surface area contributed by atoms with Crippen molar-refractivity contribution in [3.8, 4) is 0 Å². The van der Waals surface area contributed by atoms with Crippen molar-refractivity contribution in [2.75, 3.05) is 18.5 Å². The molecule has 0 aromatic carbocycles. The predicted molar refractivity (Wildman–Crippen MR) is 83.5 cm³/mol. The summed E-state index contributed by atoms with van der Waals surface area (Å²) in [5.41, 5.74) is 6.17. The van der Waals surface area contributed by atoms with E-state index in [0.29, 0.717) is 23.7 Å². The van der Waals surface area contributed by atoms with Gasteiger partial charge < -0.3 is 15.8 Å². The second kappa shape index (κ2) is 7.04. The standard InChI is InChI=1S/C15H22N2O3S/c1-3-20-15(19)12-7-9(2)21-14(12)17-13(18)11-6-4-5-10(11)8-16/h7,10-11H,3-6,8,16H2,1-2H3,(H,17,18). The second-order valence-corrected chi connectivity index (χ2v) is 6.60. The molecule has 2 atom stereocenters. The molecule has 6 heteroatoms. The molecule has 1 aliphatic carbocycles. The summed E-state index contributed by atoms with van der Waals surface area (Å²) >= 11 is 1.40. The zero-order chi connectivity index (χ0) is 15.4. The van der Waals surface area contributed by atoms with Crippen LogP contribution in [0.1, 0.15) is 41.4 Å². The summed E-state index contributed by atoms with van der Waals surface area (Å²) in [7, 11) is 0. The molecule has 116 valence electrons. The molecule has 0 radical (unpaired) electrons. The minimum Gasteiger partial charge on any atom is -0.462 e. The Labute approximate surface area is 128 Å². The van der Waals surface area contributed by atoms with Crippen LogP contribution in [0.15, 0.2) is 6.07 Å². The van der Waals surface area contributed by atoms with Crippen LogP contribution in [0.5, 0.6) is 0 Å². The van der Waals surface area contributed by atoms with Crippen molar-refractivity contribution in [1.82, 2.24) is 0 Å². The van der Waals surface area contributed by atoms with Crippen LogP contribution in [0.25, 0.3) is 0 Å². The quantitative estimate of drug-likeness (QED) is 0.819. The monoisotopic (exact) mass is 310 g/mol. The van der Waals surface area contributed by atoms with E-state index in [0.717, 1.165) is 24.1 Å². The number of carbonyl (C=O) groups excluding carboxylic acids is 2. The molecule has 1 heterocycles. The molecule has 0 saturated heterocycles. The molecule has 1 aromatic heterocycles. The van der Waals surface area contributed by atoms with Crippen LogP contribution < -0.4 is 11.1 Å². The highest BCUT2D eigenvalue weighted by molar-refractivity contribution is 7.16. The molecule has 2 rings (SSSR count). The van der Waals surface area contributed by atoms with E-state index in [4.69, 9.17) is 10.5 Å². The Balaban J connectivity index is 2.12. The second-order valence-electron chi connectivity index (χ2n) is 5.34. The lowest BCUT2D eigenvalue weighted by atomic mass is 9.95. The maximum Gasteiger partial charge on any atom is 0.341 e. The molecule has 0 bridgehead atoms. The Morgan fingerprint density at radius 1 is 1.48 bits per heavy atom. The lowest BCUT2D eigenvalue weighted by Crippen LogP contribution is -2.30. The fourth-order valence-electron chi connectivity index (χ4n) is 2.84. The van der Waals surface area contributed by atoms with E-state index in [1.807, 2.05) is 6.92 Å². The third-order valence-electron chi connectivity index (χ3n) is 3.89. The Morgan fingerprint density at radius 2 is 2.24 bits per heavy atom. The fourth-order valence-corrected chi connectivity index (χ4v) is 3.74. The first kappa shape index (κ1) is 16.0. The van der Waals surface area contributed by atoms with Crippen molar-refractivity contribution in [2.45, 2.75) is 33.1 Å². The van der Waals surface area contributed by atoms with Gasteiger partial charge in [-0.3, -0.25) is 4.79 Å². The van der Waals surface area contributed by atoms with Crippen molar-refractivity contribution in [3.05, 3.63) is 16.5 Å². The van der Waals surface area contributed by atoms with E-state index in [1.165, 1.54) is 11.3 Å². The first-order valence-electron chi connectivity index (χ1n) is 7.35. The van der Waals surface area contributed by atoms with Gasteiger partial charge >= 0.3 is 5.97 Å². The zero-order valence-electron chi connectivity index (χ0n) is 12.5. The molecular formula is C15H22N2O3S. The van der Waals surface area contributed by atoms with Crippen molar-refractivity contribution < 1.29 is 14.3 Å². The highest BCUT2D eigenvalue weighted by atomic mass is 32.1. The van der Waals surface area contributed by atoms with Crippen molar-refractivity contribution in [3.63, 3.8) is 0 Å². The van der Waals surface area contributed by atoms with Gasteiger partial charge in [0.15, 0.2) is 0 Å². The van der Waals surface area contributed by atoms with Gasteiger partial charge in [0.2, 0.25) is 5.91 Å². The van der Waals surface area contributed by atoms with Crippen molar-refractivity contribution in [1.29, 1.82) is 0 Å². The van der Waals surface area contributed by atoms with Gasteiger partial charge in [-0.25, -0.2) is 4.79 Å². The Kier molecular flexibility index (Phi) is 5.36. The van der Waals surface area contributed by atoms with Gasteiger partial charge in [0.25, 0.3) is 0 Å². The summed E-state index contributed by atoms with van der Waals surface area (Å²) in [6, 6.07) is 1.76. The maximum absolute atomic E-state index is 12.4. The van der Waals surface area contributed by atoms with Crippen molar-refractivity contribution in [2.24, 2.45) is 17.6 Å². The van der Waals surface area contributed by atoms with E-state index < -0.39 is 0 Å². The van der Waals surface area contributed by atoms with Gasteiger partial charge in [0.05, 0.1) is 12.2 Å². The smallest absolute Gasteiger partial charge is 0.341 e. The SMILES string of the molecule is CCOC(=O)c1cc(C)sc1NC(=O)C1CCCC1CN. The largest absolute Gasteiger partial charge is 0.462 e. The van der Waals surface area contributed by atoms with Crippen LogP contribution in [0.3, 0.4) is 0 Å². The lowest BCUT2D eigenvalue weighted by molar-refractivity contribution is -0.120. The van der Waals surface area contributed by atoms with Crippen LogP contribution >= 0.6 is 11.3 Å². The first-order chi connectivity index (χ1) is 10.1. The summed E-state index contributed by atoms with van der Waals surface area (Å²) in [4.78, 5) is 25.3. The molecule has 5 nitrogen and oxygen atoms in total. The molecule has 1 amide bonds. The summed E-state index contributed by atoms with van der Waals surface area (Å²) in [6.07, 6.45) is 2.91. The van der Waals surface area contributed by atoms with Gasteiger partial charge in [-0.2, -0.15) is 0 Å². The normalized spacial score (nSPS) is 21.3. The number of hydrogen-bond acceptors (Lipinski definition) is 5. The molecule has 21 heavy (non-hydrogen) atoms. The number of anilines is 1. The molecule has 0 spiro atoms. The summed E-state index contributed by atoms with van der Waals surface area (Å²) < 4.78 is 5.03. The fraction of sp³-hybridized carbons (Fsp3) is 0.600. The van der Waals surface area contributed by atoms with Crippen LogP contribution in [-0.4, -0.2) is 25.0 Å². The molecular weight excluding hydrogens is 288 g/mol. The summed E-state index contributed by atoms with van der Waals surface area (Å²) in [5, 5.41) is 3.48. The summed E-state index contributed by atoms with van der Waals surface area (Å²) in [6.45, 7) is 4.52. The number of thiophene rings is 1. The lowest BCUT2D eigenvalue weighted by Gasteiger charge is -2.17. The number of nitrogens with one attached hydrogen (secondary N) is 1. The molecule has 1 saturated carbocycles. The maximum atomic E-state index is 12.4. The number of hydrogen-bond donors (Lipinski definition) is 2. The zero-order valence-corrected chi connectivity index (χ0v) is 13.3. The van der Waals surface area contributed by atoms with Gasteiger partial charge in [-0.05, 0) is 45.2 Å². The number of nitrogens with two attached hydrogens (primary N) is 1. The summed E-state index contributed by atoms with van der Waals surface area (Å²) in [5.74, 6) is -0.223. The van der Waals surface area contributed by atoms with Gasteiger partial charge in [0.1, 0.15) is 5.00 Å². The average molecular weight is 310 g/mol. The van der Waals surface area contributed by atoms with E-state index in [9.17, 15) is 9.59 Å². The highest BCUT2D eigenvalue weighted by Gasteiger charge is 2.32. The van der Waals surface area contributed by atoms with Gasteiger partial charge in [-0.1, -0.05) is 6.42 Å². The number of ether oxygens (including phenoxy) is 1. The topological polar surface area (TPSA) is 81.4 Å². The van der Waals surface area contributed by atoms with Gasteiger partial charge in [-0.15, -0.1) is 11.3 Å². The molecule has 1 fully saturated rings. The van der Waals surface area contributed by atoms with E-state index in [-0.39, 0.29) is 23.7 Å². The van der Waals surface area contributed by atoms with E-state index >= 15 is 0 Å². The minimum absolute atomic E-state index is 0.0321. The molecule has 2 unspecified atom stereocenters. The van der Waals surface area contributed by atoms with Crippen LogP contribution in [0.4, 0.5) is 5.00 Å². The Morgan fingerprint density at radius 3 is 2.90 bits per heavy atom. The average Bonchev–Trinajstić information content (AvgIpc) is 3.05. The minimum atomic E-state index is -0.390. The van der Waals surface area contributed by atoms with Crippen LogP contribution in [0.2, 0.25) is 0 Å².